The van der Waals surface area contributed by atoms with E-state index in [1.54, 1.807) is 0 Å². The van der Waals surface area contributed by atoms with Crippen molar-refractivity contribution in [3.05, 3.63) is 18.3 Å². The van der Waals surface area contributed by atoms with Crippen LogP contribution in [0.3, 0.4) is 0 Å². The SMILES string of the molecule is CCC(CC)N(CCO)S(=O)(=O)c1ccc(N)nc1. The van der Waals surface area contributed by atoms with Gasteiger partial charge in [0.05, 0.1) is 6.61 Å². The van der Waals surface area contributed by atoms with Crippen LogP contribution in [-0.4, -0.2) is 42.0 Å². The Morgan fingerprint density at radius 1 is 1.37 bits per heavy atom. The molecule has 0 saturated carbocycles. The number of hydrogen-bond donors (Lipinski definition) is 2. The van der Waals surface area contributed by atoms with Crippen LogP contribution < -0.4 is 5.73 Å². The molecule has 0 radical (unpaired) electrons. The Morgan fingerprint density at radius 2 is 2.00 bits per heavy atom. The average Bonchev–Trinajstić information content (AvgIpc) is 2.39. The van der Waals surface area contributed by atoms with Crippen molar-refractivity contribution in [3.8, 4) is 0 Å². The van der Waals surface area contributed by atoms with Gasteiger partial charge in [0, 0.05) is 18.8 Å². The lowest BCUT2D eigenvalue weighted by atomic mass is 10.2. The van der Waals surface area contributed by atoms with E-state index in [-0.39, 0.29) is 29.9 Å². The molecular formula is C12H21N3O3S. The highest BCUT2D eigenvalue weighted by Crippen LogP contribution is 2.20. The van der Waals surface area contributed by atoms with Crippen LogP contribution >= 0.6 is 0 Å². The standard InChI is InChI=1S/C12H21N3O3S/c1-3-10(4-2)15(7-8-16)19(17,18)11-5-6-12(13)14-9-11/h5-6,9-10,16H,3-4,7-8H2,1-2H3,(H2,13,14). The van der Waals surface area contributed by atoms with Crippen LogP contribution in [-0.2, 0) is 10.0 Å². The zero-order valence-electron chi connectivity index (χ0n) is 11.3. The van der Waals surface area contributed by atoms with E-state index in [0.29, 0.717) is 12.8 Å². The quantitative estimate of drug-likeness (QED) is 0.774. The lowest BCUT2D eigenvalue weighted by Crippen LogP contribution is -2.41. The zero-order valence-corrected chi connectivity index (χ0v) is 12.1. The van der Waals surface area contributed by atoms with Gasteiger partial charge in [0.15, 0.2) is 0 Å². The summed E-state index contributed by atoms with van der Waals surface area (Å²) in [5.41, 5.74) is 5.46. The number of aromatic nitrogens is 1. The predicted octanol–water partition coefficient (Wildman–Crippen LogP) is 0.835. The minimum absolute atomic E-state index is 0.0824. The van der Waals surface area contributed by atoms with Crippen molar-refractivity contribution in [2.24, 2.45) is 0 Å². The highest BCUT2D eigenvalue weighted by molar-refractivity contribution is 7.89. The van der Waals surface area contributed by atoms with Crippen molar-refractivity contribution in [2.75, 3.05) is 18.9 Å². The lowest BCUT2D eigenvalue weighted by Gasteiger charge is -2.28. The molecule has 3 N–H and O–H groups in total. The lowest BCUT2D eigenvalue weighted by molar-refractivity contribution is 0.219. The molecular weight excluding hydrogens is 266 g/mol. The van der Waals surface area contributed by atoms with Crippen LogP contribution in [0.15, 0.2) is 23.2 Å². The summed E-state index contributed by atoms with van der Waals surface area (Å²) in [7, 11) is -3.65. The highest BCUT2D eigenvalue weighted by atomic mass is 32.2. The van der Waals surface area contributed by atoms with Gasteiger partial charge in [-0.15, -0.1) is 0 Å². The summed E-state index contributed by atoms with van der Waals surface area (Å²) in [6, 6.07) is 2.76. The number of anilines is 1. The summed E-state index contributed by atoms with van der Waals surface area (Å²) >= 11 is 0. The largest absolute Gasteiger partial charge is 0.395 e. The Bertz CT molecular complexity index is 483. The van der Waals surface area contributed by atoms with Crippen LogP contribution in [0, 0.1) is 0 Å². The van der Waals surface area contributed by atoms with Gasteiger partial charge in [-0.25, -0.2) is 13.4 Å². The Kier molecular flexibility index (Phi) is 5.71. The topological polar surface area (TPSA) is 96.5 Å². The second kappa shape index (κ2) is 6.83. The van der Waals surface area contributed by atoms with Gasteiger partial charge < -0.3 is 10.8 Å². The Balaban J connectivity index is 3.15. The van der Waals surface area contributed by atoms with E-state index in [9.17, 15) is 8.42 Å². The van der Waals surface area contributed by atoms with Crippen molar-refractivity contribution in [1.82, 2.24) is 9.29 Å². The van der Waals surface area contributed by atoms with Gasteiger partial charge in [-0.05, 0) is 25.0 Å². The first-order valence-electron chi connectivity index (χ1n) is 6.31. The first-order chi connectivity index (χ1) is 8.97. The van der Waals surface area contributed by atoms with Gasteiger partial charge in [-0.3, -0.25) is 0 Å². The number of nitrogens with two attached hydrogens (primary N) is 1. The second-order valence-corrected chi connectivity index (χ2v) is 6.12. The third-order valence-corrected chi connectivity index (χ3v) is 4.97. The fourth-order valence-electron chi connectivity index (χ4n) is 1.97. The van der Waals surface area contributed by atoms with Crippen molar-refractivity contribution in [2.45, 2.75) is 37.6 Å². The van der Waals surface area contributed by atoms with Crippen molar-refractivity contribution < 1.29 is 13.5 Å². The molecule has 0 aromatic carbocycles. The number of rotatable bonds is 7. The molecule has 19 heavy (non-hydrogen) atoms. The molecule has 0 unspecified atom stereocenters. The Labute approximate surface area is 114 Å². The van der Waals surface area contributed by atoms with Crippen LogP contribution in [0.4, 0.5) is 5.82 Å². The van der Waals surface area contributed by atoms with E-state index in [0.717, 1.165) is 0 Å². The van der Waals surface area contributed by atoms with Crippen LogP contribution in [0.1, 0.15) is 26.7 Å². The Hall–Kier alpha value is -1.18. The summed E-state index contributed by atoms with van der Waals surface area (Å²) in [6.45, 7) is 3.72. The third-order valence-electron chi connectivity index (χ3n) is 3.04. The molecule has 7 heteroatoms. The van der Waals surface area contributed by atoms with E-state index >= 15 is 0 Å². The maximum Gasteiger partial charge on any atom is 0.244 e. The number of sulfonamides is 1. The fourth-order valence-corrected chi connectivity index (χ4v) is 3.68. The molecule has 0 amide bonds. The number of nitrogen functional groups attached to an aromatic ring is 1. The minimum atomic E-state index is -3.65. The fraction of sp³-hybridized carbons (Fsp3) is 0.583. The zero-order chi connectivity index (χ0) is 14.5. The highest BCUT2D eigenvalue weighted by Gasteiger charge is 2.29. The van der Waals surface area contributed by atoms with Gasteiger partial charge in [-0.2, -0.15) is 4.31 Å². The smallest absolute Gasteiger partial charge is 0.244 e. The molecule has 1 rings (SSSR count). The maximum atomic E-state index is 12.5. The molecule has 6 nitrogen and oxygen atoms in total. The number of nitrogens with zero attached hydrogens (tertiary/aromatic N) is 2. The van der Waals surface area contributed by atoms with Crippen LogP contribution in [0.2, 0.25) is 0 Å². The molecule has 0 saturated heterocycles. The summed E-state index contributed by atoms with van der Waals surface area (Å²) in [5.74, 6) is 0.273. The van der Waals surface area contributed by atoms with E-state index < -0.39 is 10.0 Å². The molecule has 1 heterocycles. The number of hydrogen-bond acceptors (Lipinski definition) is 5. The van der Waals surface area contributed by atoms with Gasteiger partial charge in [0.1, 0.15) is 10.7 Å². The van der Waals surface area contributed by atoms with E-state index in [2.05, 4.69) is 4.98 Å². The summed E-state index contributed by atoms with van der Waals surface area (Å²) in [6.07, 6.45) is 2.63. The monoisotopic (exact) mass is 287 g/mol. The minimum Gasteiger partial charge on any atom is -0.395 e. The van der Waals surface area contributed by atoms with Gasteiger partial charge in [0.25, 0.3) is 0 Å². The molecule has 0 aliphatic heterocycles. The molecule has 0 aliphatic rings. The molecule has 0 spiro atoms. The van der Waals surface area contributed by atoms with Crippen LogP contribution in [0.5, 0.6) is 0 Å². The van der Waals surface area contributed by atoms with Crippen molar-refractivity contribution in [1.29, 1.82) is 0 Å². The van der Waals surface area contributed by atoms with Crippen molar-refractivity contribution >= 4 is 15.8 Å². The first kappa shape index (κ1) is 15.9. The molecule has 1 aromatic rings. The van der Waals surface area contributed by atoms with Crippen LogP contribution in [0.25, 0.3) is 0 Å². The summed E-state index contributed by atoms with van der Waals surface area (Å²) in [4.78, 5) is 3.91. The second-order valence-electron chi connectivity index (χ2n) is 4.23. The summed E-state index contributed by atoms with van der Waals surface area (Å²) in [5, 5.41) is 9.09. The number of pyridine rings is 1. The first-order valence-corrected chi connectivity index (χ1v) is 7.75. The number of aliphatic hydroxyl groups excluding tert-OH is 1. The normalized spacial score (nSPS) is 12.3. The van der Waals surface area contributed by atoms with E-state index in [1.807, 2.05) is 13.8 Å². The summed E-state index contributed by atoms with van der Waals surface area (Å²) < 4.78 is 26.4. The average molecular weight is 287 g/mol. The van der Waals surface area contributed by atoms with E-state index in [1.165, 1.54) is 22.6 Å². The predicted molar refractivity (Wildman–Crippen MR) is 74.0 cm³/mol. The molecule has 0 aliphatic carbocycles. The maximum absolute atomic E-state index is 12.5. The molecule has 0 atom stereocenters. The molecule has 0 fully saturated rings. The van der Waals surface area contributed by atoms with E-state index in [4.69, 9.17) is 10.8 Å². The molecule has 1 aromatic heterocycles. The van der Waals surface area contributed by atoms with Crippen molar-refractivity contribution in [3.63, 3.8) is 0 Å². The Morgan fingerprint density at radius 3 is 2.42 bits per heavy atom. The molecule has 0 bridgehead atoms. The van der Waals surface area contributed by atoms with Gasteiger partial charge >= 0.3 is 0 Å². The molecule has 108 valence electrons. The third kappa shape index (κ3) is 3.65. The van der Waals surface area contributed by atoms with Gasteiger partial charge in [0.2, 0.25) is 10.0 Å². The van der Waals surface area contributed by atoms with Gasteiger partial charge in [-0.1, -0.05) is 13.8 Å². The number of aliphatic hydroxyl groups is 1.